The van der Waals surface area contributed by atoms with Crippen molar-refractivity contribution in [3.8, 4) is 0 Å². The van der Waals surface area contributed by atoms with Gasteiger partial charge in [-0.2, -0.15) is 0 Å². The van der Waals surface area contributed by atoms with Gasteiger partial charge in [0.05, 0.1) is 6.33 Å². The zero-order valence-corrected chi connectivity index (χ0v) is 15.8. The summed E-state index contributed by atoms with van der Waals surface area (Å²) in [5.41, 5.74) is 0.876. The van der Waals surface area contributed by atoms with E-state index in [2.05, 4.69) is 21.0 Å². The SMILES string of the molecule is CC(c1ccc(Cl)cc1Cl)C(C(O)=S)n1ccnc1.[CH3][Cu+].[Cl-]. The number of thiocarbonyl (C=S) groups is 1. The molecule has 0 radical (unpaired) electrons. The fourth-order valence-corrected chi connectivity index (χ4v) is 2.98. The molecule has 2 atom stereocenters. The van der Waals surface area contributed by atoms with E-state index in [9.17, 15) is 5.11 Å². The van der Waals surface area contributed by atoms with Crippen LogP contribution in [0.25, 0.3) is 0 Å². The maximum absolute atomic E-state index is 9.77. The molecule has 1 heterocycles. The van der Waals surface area contributed by atoms with Crippen molar-refractivity contribution < 1.29 is 33.5 Å². The number of aliphatic hydroxyl groups excluding tert-OH is 1. The minimum atomic E-state index is -0.392. The second-order valence-electron chi connectivity index (χ2n) is 4.25. The Bertz CT molecular complexity index is 596. The second kappa shape index (κ2) is 10.5. The number of rotatable bonds is 4. The van der Waals surface area contributed by atoms with Gasteiger partial charge in [0.15, 0.2) is 5.05 Å². The summed E-state index contributed by atoms with van der Waals surface area (Å²) in [7, 11) is 0. The fourth-order valence-electron chi connectivity index (χ4n) is 2.07. The Labute approximate surface area is 160 Å². The summed E-state index contributed by atoms with van der Waals surface area (Å²) >= 11 is 21.2. The Morgan fingerprint density at radius 3 is 2.45 bits per heavy atom. The van der Waals surface area contributed by atoms with Gasteiger partial charge in [0.1, 0.15) is 6.04 Å². The fraction of sp³-hybridized carbons (Fsp3) is 0.286. The predicted octanol–water partition coefficient (Wildman–Crippen LogP) is 2.01. The summed E-state index contributed by atoms with van der Waals surface area (Å²) in [6, 6.07) is 4.90. The van der Waals surface area contributed by atoms with E-state index in [-0.39, 0.29) is 23.4 Å². The molecule has 1 aromatic carbocycles. The molecular weight excluding hydrogens is 414 g/mol. The molecule has 1 aromatic heterocycles. The van der Waals surface area contributed by atoms with E-state index in [4.69, 9.17) is 35.4 Å². The molecule has 0 aliphatic carbocycles. The van der Waals surface area contributed by atoms with Crippen LogP contribution in [-0.2, 0) is 16.0 Å². The van der Waals surface area contributed by atoms with Gasteiger partial charge in [0, 0.05) is 28.4 Å². The molecule has 0 saturated carbocycles. The quantitative estimate of drug-likeness (QED) is 0.597. The van der Waals surface area contributed by atoms with E-state index < -0.39 is 6.04 Å². The van der Waals surface area contributed by atoms with Crippen LogP contribution >= 0.6 is 35.4 Å². The molecule has 1 N–H and O–H groups in total. The average Bonchev–Trinajstić information content (AvgIpc) is 2.94. The molecule has 0 fully saturated rings. The van der Waals surface area contributed by atoms with E-state index >= 15 is 0 Å². The molecule has 3 nitrogen and oxygen atoms in total. The standard InChI is InChI=1S/C13H12Cl2N2OS.CH3.ClH.Cu/c1-8(10-3-2-9(14)6-11(10)15)12(13(18)19)17-5-4-16-7-17;;;/h2-8,12H,1H3,(H,18,19);1H3;1H;/q;;;+1/p-1. The topological polar surface area (TPSA) is 38.0 Å². The van der Waals surface area contributed by atoms with Gasteiger partial charge >= 0.3 is 21.8 Å². The van der Waals surface area contributed by atoms with Crippen LogP contribution in [0.15, 0.2) is 36.9 Å². The van der Waals surface area contributed by atoms with E-state index in [1.54, 1.807) is 41.2 Å². The van der Waals surface area contributed by atoms with Gasteiger partial charge < -0.3 is 22.1 Å². The van der Waals surface area contributed by atoms with E-state index in [1.165, 1.54) is 0 Å². The maximum atomic E-state index is 9.77. The van der Waals surface area contributed by atoms with Crippen LogP contribution < -0.4 is 12.4 Å². The van der Waals surface area contributed by atoms with Crippen LogP contribution in [0, 0.1) is 0 Å². The van der Waals surface area contributed by atoms with Crippen LogP contribution in [0.4, 0.5) is 0 Å². The summed E-state index contributed by atoms with van der Waals surface area (Å²) in [6.45, 7) is 1.95. The summed E-state index contributed by atoms with van der Waals surface area (Å²) in [5, 5.41) is 10.8. The van der Waals surface area contributed by atoms with Crippen molar-refractivity contribution in [1.29, 1.82) is 0 Å². The van der Waals surface area contributed by atoms with Crippen LogP contribution in [0.1, 0.15) is 24.4 Å². The second-order valence-corrected chi connectivity index (χ2v) is 5.51. The summed E-state index contributed by atoms with van der Waals surface area (Å²) < 4.78 is 1.76. The third kappa shape index (κ3) is 5.41. The van der Waals surface area contributed by atoms with Gasteiger partial charge in [-0.1, -0.05) is 36.2 Å². The van der Waals surface area contributed by atoms with Crippen molar-refractivity contribution >= 4 is 40.5 Å². The van der Waals surface area contributed by atoms with Crippen LogP contribution in [0.2, 0.25) is 15.9 Å². The molecule has 0 bridgehead atoms. The van der Waals surface area contributed by atoms with Gasteiger partial charge in [0.2, 0.25) is 0 Å². The molecule has 125 valence electrons. The Morgan fingerprint density at radius 1 is 1.36 bits per heavy atom. The number of hydrogen-bond donors (Lipinski definition) is 1. The average molecular weight is 429 g/mol. The van der Waals surface area contributed by atoms with Crippen molar-refractivity contribution in [3.63, 3.8) is 0 Å². The van der Waals surface area contributed by atoms with E-state index in [0.29, 0.717) is 10.0 Å². The van der Waals surface area contributed by atoms with E-state index in [0.717, 1.165) is 5.56 Å². The Kier molecular flexibility index (Phi) is 10.3. The van der Waals surface area contributed by atoms with Crippen molar-refractivity contribution in [2.24, 2.45) is 0 Å². The van der Waals surface area contributed by atoms with Crippen molar-refractivity contribution in [1.82, 2.24) is 9.55 Å². The Balaban J connectivity index is 0.00000141. The number of aliphatic hydroxyl groups is 1. The zero-order valence-electron chi connectivity index (χ0n) is 11.8. The monoisotopic (exact) mass is 427 g/mol. The number of benzene rings is 1. The zero-order chi connectivity index (χ0) is 16.0. The van der Waals surface area contributed by atoms with Crippen LogP contribution in [0.5, 0.6) is 0 Å². The summed E-state index contributed by atoms with van der Waals surface area (Å²) in [4.78, 5) is 3.98. The largest absolute Gasteiger partial charge is 1.00 e. The third-order valence-corrected chi connectivity index (χ3v) is 3.83. The summed E-state index contributed by atoms with van der Waals surface area (Å²) in [5.74, 6) is 1.46. The number of nitrogens with zero attached hydrogens (tertiary/aromatic N) is 2. The van der Waals surface area contributed by atoms with Gasteiger partial charge in [-0.25, -0.2) is 4.98 Å². The smallest absolute Gasteiger partial charge is 1.00 e. The molecule has 0 saturated heterocycles. The van der Waals surface area contributed by atoms with Crippen molar-refractivity contribution in [2.75, 3.05) is 0 Å². The Hall–Kier alpha value is -0.291. The number of aromatic nitrogens is 2. The molecule has 22 heavy (non-hydrogen) atoms. The first kappa shape index (κ1) is 21.7. The van der Waals surface area contributed by atoms with E-state index in [1.807, 2.05) is 13.0 Å². The van der Waals surface area contributed by atoms with Crippen LogP contribution in [-0.4, -0.2) is 19.7 Å². The molecule has 0 aliphatic heterocycles. The van der Waals surface area contributed by atoms with Gasteiger partial charge in [0.25, 0.3) is 0 Å². The number of hydrogen-bond acceptors (Lipinski definition) is 2. The first-order valence-corrected chi connectivity index (χ1v) is 8.06. The third-order valence-electron chi connectivity index (χ3n) is 3.03. The van der Waals surface area contributed by atoms with Crippen LogP contribution in [0.3, 0.4) is 0 Å². The molecule has 2 rings (SSSR count). The minimum absolute atomic E-state index is 0. The molecular formula is C14H15Cl3CuN2OS. The number of imidazole rings is 1. The molecule has 8 heteroatoms. The van der Waals surface area contributed by atoms with Crippen molar-refractivity contribution in [2.45, 2.75) is 24.7 Å². The molecule has 0 spiro atoms. The maximum Gasteiger partial charge on any atom is -1.00 e. The molecule has 0 amide bonds. The summed E-state index contributed by atoms with van der Waals surface area (Å²) in [6.07, 6.45) is 5.02. The normalized spacial score (nSPS) is 12.5. The minimum Gasteiger partial charge on any atom is -1.00 e. The molecule has 2 unspecified atom stereocenters. The molecule has 0 aliphatic rings. The molecule has 2 aromatic rings. The van der Waals surface area contributed by atoms with Gasteiger partial charge in [-0.3, -0.25) is 0 Å². The van der Waals surface area contributed by atoms with Gasteiger partial charge in [-0.05, 0) is 29.9 Å². The first-order valence-electron chi connectivity index (χ1n) is 5.96. The first-order chi connectivity index (χ1) is 10.0. The predicted molar refractivity (Wildman–Crippen MR) is 87.2 cm³/mol. The van der Waals surface area contributed by atoms with Gasteiger partial charge in [-0.15, -0.1) is 0 Å². The van der Waals surface area contributed by atoms with Crippen molar-refractivity contribution in [3.05, 3.63) is 52.5 Å². The number of halogens is 3. The Morgan fingerprint density at radius 2 is 2.00 bits per heavy atom.